The van der Waals surface area contributed by atoms with Crippen LogP contribution >= 0.6 is 0 Å². The lowest BCUT2D eigenvalue weighted by Gasteiger charge is -2.31. The molecule has 2 aliphatic rings. The summed E-state index contributed by atoms with van der Waals surface area (Å²) in [5.41, 5.74) is 6.69. The molecule has 1 aromatic carbocycles. The second-order valence-electron chi connectivity index (χ2n) is 8.67. The molecule has 0 radical (unpaired) electrons. The zero-order chi connectivity index (χ0) is 21.7. The highest BCUT2D eigenvalue weighted by Crippen LogP contribution is 2.35. The van der Waals surface area contributed by atoms with Gasteiger partial charge in [-0.05, 0) is 31.2 Å². The smallest absolute Gasteiger partial charge is 0.242 e. The van der Waals surface area contributed by atoms with Gasteiger partial charge in [0.25, 0.3) is 0 Å². The maximum Gasteiger partial charge on any atom is 0.242 e. The maximum atomic E-state index is 13.0. The third kappa shape index (κ3) is 5.39. The number of nitrogens with zero attached hydrogens (tertiary/aromatic N) is 2. The van der Waals surface area contributed by atoms with Crippen LogP contribution in [0, 0.1) is 11.8 Å². The number of carbonyl (C=O) groups excluding carboxylic acids is 3. The van der Waals surface area contributed by atoms with E-state index in [0.29, 0.717) is 32.6 Å². The minimum atomic E-state index is -0.533. The first-order chi connectivity index (χ1) is 14.4. The minimum absolute atomic E-state index is 0.0344. The summed E-state index contributed by atoms with van der Waals surface area (Å²) in [6, 6.07) is 9.38. The molecule has 7 heteroatoms. The molecule has 0 aromatic heterocycles. The fourth-order valence-corrected chi connectivity index (χ4v) is 4.11. The summed E-state index contributed by atoms with van der Waals surface area (Å²) in [6.45, 7) is 5.52. The van der Waals surface area contributed by atoms with Crippen molar-refractivity contribution in [2.75, 3.05) is 26.2 Å². The Morgan fingerprint density at radius 1 is 1.20 bits per heavy atom. The Kier molecular flexibility index (Phi) is 7.48. The molecule has 2 atom stereocenters. The first kappa shape index (κ1) is 22.3. The monoisotopic (exact) mass is 414 g/mol. The van der Waals surface area contributed by atoms with E-state index in [4.69, 9.17) is 5.73 Å². The number of benzene rings is 1. The first-order valence-electron chi connectivity index (χ1n) is 11.0. The summed E-state index contributed by atoms with van der Waals surface area (Å²) < 4.78 is 0. The van der Waals surface area contributed by atoms with Gasteiger partial charge in [-0.3, -0.25) is 14.4 Å². The zero-order valence-corrected chi connectivity index (χ0v) is 18.0. The van der Waals surface area contributed by atoms with E-state index in [-0.39, 0.29) is 35.6 Å². The van der Waals surface area contributed by atoms with E-state index in [1.165, 1.54) is 5.56 Å². The van der Waals surface area contributed by atoms with Crippen molar-refractivity contribution in [2.45, 2.75) is 51.6 Å². The van der Waals surface area contributed by atoms with Crippen LogP contribution in [0.2, 0.25) is 0 Å². The van der Waals surface area contributed by atoms with Crippen molar-refractivity contribution in [1.29, 1.82) is 0 Å². The quantitative estimate of drug-likeness (QED) is 0.634. The van der Waals surface area contributed by atoms with Crippen LogP contribution in [0.5, 0.6) is 0 Å². The van der Waals surface area contributed by atoms with E-state index in [9.17, 15) is 14.4 Å². The van der Waals surface area contributed by atoms with Crippen LogP contribution in [-0.2, 0) is 20.8 Å². The Morgan fingerprint density at radius 2 is 1.90 bits per heavy atom. The van der Waals surface area contributed by atoms with Crippen LogP contribution in [0.3, 0.4) is 0 Å². The molecule has 7 nitrogen and oxygen atoms in total. The Hall–Kier alpha value is -2.41. The number of nitrogens with two attached hydrogens (primary N) is 1. The van der Waals surface area contributed by atoms with E-state index in [1.54, 1.807) is 4.90 Å². The highest BCUT2D eigenvalue weighted by molar-refractivity contribution is 5.90. The average Bonchev–Trinajstić information content (AvgIpc) is 3.51. The molecule has 1 aliphatic heterocycles. The predicted octanol–water partition coefficient (Wildman–Crippen LogP) is 1.17. The van der Waals surface area contributed by atoms with Gasteiger partial charge in [0.2, 0.25) is 17.7 Å². The van der Waals surface area contributed by atoms with Crippen molar-refractivity contribution >= 4 is 17.7 Å². The standard InChI is InChI=1S/C23H34N4O3/c1-16(2)22(29)26(13-10-17-6-4-3-5-7-17)19-14-20(21(28)25-12-11-24)27(15-19)23(30)18-8-9-18/h3-7,16,18-20H,8-15,24H2,1-2H3,(H,25,28). The van der Waals surface area contributed by atoms with E-state index < -0.39 is 6.04 Å². The van der Waals surface area contributed by atoms with Gasteiger partial charge in [-0.2, -0.15) is 0 Å². The van der Waals surface area contributed by atoms with Gasteiger partial charge in [-0.15, -0.1) is 0 Å². The van der Waals surface area contributed by atoms with Gasteiger partial charge in [0.1, 0.15) is 6.04 Å². The van der Waals surface area contributed by atoms with Gasteiger partial charge in [-0.25, -0.2) is 0 Å². The molecule has 1 heterocycles. The number of hydrogen-bond donors (Lipinski definition) is 2. The number of nitrogens with one attached hydrogen (secondary N) is 1. The van der Waals surface area contributed by atoms with Crippen molar-refractivity contribution in [3.63, 3.8) is 0 Å². The normalized spacial score (nSPS) is 21.0. The highest BCUT2D eigenvalue weighted by atomic mass is 16.2. The van der Waals surface area contributed by atoms with Crippen LogP contribution in [-0.4, -0.2) is 65.8 Å². The van der Waals surface area contributed by atoms with Gasteiger partial charge >= 0.3 is 0 Å². The SMILES string of the molecule is CC(C)C(=O)N(CCc1ccccc1)C1CC(C(=O)NCCN)N(C(=O)C2CC2)C1. The summed E-state index contributed by atoms with van der Waals surface area (Å²) >= 11 is 0. The molecule has 0 spiro atoms. The van der Waals surface area contributed by atoms with Gasteiger partial charge in [0, 0.05) is 38.0 Å². The molecule has 3 rings (SSSR count). The number of carbonyl (C=O) groups is 3. The lowest BCUT2D eigenvalue weighted by Crippen LogP contribution is -2.47. The highest BCUT2D eigenvalue weighted by Gasteiger charge is 2.46. The van der Waals surface area contributed by atoms with Crippen molar-refractivity contribution in [3.8, 4) is 0 Å². The lowest BCUT2D eigenvalue weighted by molar-refractivity contribution is -0.140. The average molecular weight is 415 g/mol. The van der Waals surface area contributed by atoms with Gasteiger partial charge < -0.3 is 20.9 Å². The van der Waals surface area contributed by atoms with Crippen LogP contribution in [0.1, 0.15) is 38.7 Å². The Bertz CT molecular complexity index is 748. The molecule has 1 aliphatic carbocycles. The lowest BCUT2D eigenvalue weighted by atomic mass is 10.1. The number of hydrogen-bond acceptors (Lipinski definition) is 4. The molecule has 1 saturated carbocycles. The third-order valence-corrected chi connectivity index (χ3v) is 5.94. The predicted molar refractivity (Wildman–Crippen MR) is 115 cm³/mol. The van der Waals surface area contributed by atoms with Gasteiger partial charge in [-0.1, -0.05) is 44.2 Å². The second kappa shape index (κ2) is 10.1. The Morgan fingerprint density at radius 3 is 2.50 bits per heavy atom. The largest absolute Gasteiger partial charge is 0.353 e. The summed E-state index contributed by atoms with van der Waals surface area (Å²) in [7, 11) is 0. The first-order valence-corrected chi connectivity index (χ1v) is 11.0. The molecule has 2 fully saturated rings. The zero-order valence-electron chi connectivity index (χ0n) is 18.0. The van der Waals surface area contributed by atoms with Crippen LogP contribution in [0.25, 0.3) is 0 Å². The van der Waals surface area contributed by atoms with Gasteiger partial charge in [0.15, 0.2) is 0 Å². The Labute approximate surface area is 179 Å². The molecule has 2 unspecified atom stereocenters. The maximum absolute atomic E-state index is 13.0. The fourth-order valence-electron chi connectivity index (χ4n) is 4.11. The molecule has 3 N–H and O–H groups in total. The number of rotatable bonds is 9. The van der Waals surface area contributed by atoms with E-state index >= 15 is 0 Å². The molecule has 3 amide bonds. The van der Waals surface area contributed by atoms with Crippen molar-refractivity contribution in [3.05, 3.63) is 35.9 Å². The molecule has 30 heavy (non-hydrogen) atoms. The van der Waals surface area contributed by atoms with Crippen LogP contribution in [0.4, 0.5) is 0 Å². The Balaban J connectivity index is 1.76. The molecule has 1 aromatic rings. The molecule has 164 valence electrons. The summed E-state index contributed by atoms with van der Waals surface area (Å²) in [5, 5.41) is 2.83. The van der Waals surface area contributed by atoms with E-state index in [2.05, 4.69) is 17.4 Å². The minimum Gasteiger partial charge on any atom is -0.353 e. The second-order valence-corrected chi connectivity index (χ2v) is 8.67. The van der Waals surface area contributed by atoms with E-state index in [1.807, 2.05) is 36.9 Å². The molecule has 1 saturated heterocycles. The van der Waals surface area contributed by atoms with Crippen molar-refractivity contribution in [1.82, 2.24) is 15.1 Å². The van der Waals surface area contributed by atoms with Crippen molar-refractivity contribution < 1.29 is 14.4 Å². The molecular weight excluding hydrogens is 380 g/mol. The summed E-state index contributed by atoms with van der Waals surface area (Å²) in [6.07, 6.45) is 3.00. The topological polar surface area (TPSA) is 95.7 Å². The van der Waals surface area contributed by atoms with E-state index in [0.717, 1.165) is 19.3 Å². The number of likely N-dealkylation sites (tertiary alicyclic amines) is 1. The summed E-state index contributed by atoms with van der Waals surface area (Å²) in [4.78, 5) is 42.2. The third-order valence-electron chi connectivity index (χ3n) is 5.94. The van der Waals surface area contributed by atoms with Gasteiger partial charge in [0.05, 0.1) is 6.04 Å². The fraction of sp³-hybridized carbons (Fsp3) is 0.609. The number of amides is 3. The van der Waals surface area contributed by atoms with Crippen LogP contribution < -0.4 is 11.1 Å². The van der Waals surface area contributed by atoms with Crippen LogP contribution in [0.15, 0.2) is 30.3 Å². The summed E-state index contributed by atoms with van der Waals surface area (Å²) in [5.74, 6) is -0.161. The van der Waals surface area contributed by atoms with Crippen molar-refractivity contribution in [2.24, 2.45) is 17.6 Å². The molecule has 0 bridgehead atoms. The molecular formula is C23H34N4O3.